The van der Waals surface area contributed by atoms with E-state index in [4.69, 9.17) is 0 Å². The van der Waals surface area contributed by atoms with Crippen LogP contribution < -0.4 is 0 Å². The Hall–Kier alpha value is -0.790. The van der Waals surface area contributed by atoms with Crippen LogP contribution in [0.5, 0.6) is 0 Å². The van der Waals surface area contributed by atoms with Crippen LogP contribution >= 0.6 is 0 Å². The number of hydrogen-bond acceptors (Lipinski definition) is 1. The van der Waals surface area contributed by atoms with E-state index in [1.165, 1.54) is 18.5 Å². The van der Waals surface area contributed by atoms with Gasteiger partial charge in [-0.15, -0.1) is 0 Å². The molecule has 2 heteroatoms. The van der Waals surface area contributed by atoms with Crippen LogP contribution in [0.15, 0.2) is 12.5 Å². The average Bonchev–Trinajstić information content (AvgIpc) is 2.47. The highest BCUT2D eigenvalue weighted by Gasteiger charge is 2.07. The van der Waals surface area contributed by atoms with Gasteiger partial charge in [0.2, 0.25) is 0 Å². The maximum absolute atomic E-state index is 4.13. The maximum Gasteiger partial charge on any atom is 0.0950 e. The molecule has 0 spiro atoms. The second kappa shape index (κ2) is 4.45. The first-order valence-electron chi connectivity index (χ1n) is 5.09. The molecule has 0 saturated heterocycles. The molecule has 1 aromatic heterocycles. The van der Waals surface area contributed by atoms with Crippen LogP contribution in [0.3, 0.4) is 0 Å². The molecule has 0 aromatic carbocycles. The Kier molecular flexibility index (Phi) is 3.52. The third-order valence-electron chi connectivity index (χ3n) is 2.50. The van der Waals surface area contributed by atoms with Crippen molar-refractivity contribution in [2.75, 3.05) is 0 Å². The largest absolute Gasteiger partial charge is 0.332 e. The number of aromatic nitrogens is 2. The first-order valence-corrected chi connectivity index (χ1v) is 5.09. The first-order chi connectivity index (χ1) is 6.11. The van der Waals surface area contributed by atoms with Gasteiger partial charge in [0.25, 0.3) is 0 Å². The minimum atomic E-state index is 0.588. The van der Waals surface area contributed by atoms with E-state index in [9.17, 15) is 0 Å². The van der Waals surface area contributed by atoms with Crippen LogP contribution in [-0.4, -0.2) is 9.55 Å². The van der Waals surface area contributed by atoms with Crippen LogP contribution in [0, 0.1) is 12.8 Å². The quantitative estimate of drug-likeness (QED) is 0.695. The highest BCUT2D eigenvalue weighted by molar-refractivity contribution is 4.96. The van der Waals surface area contributed by atoms with E-state index >= 15 is 0 Å². The van der Waals surface area contributed by atoms with Crippen LogP contribution in [0.2, 0.25) is 0 Å². The fourth-order valence-electron chi connectivity index (χ4n) is 1.55. The highest BCUT2D eigenvalue weighted by atomic mass is 15.1. The summed E-state index contributed by atoms with van der Waals surface area (Å²) in [5.74, 6) is 0.797. The number of hydrogen-bond donors (Lipinski definition) is 0. The number of rotatable bonds is 4. The number of aryl methyl sites for hydroxylation is 1. The summed E-state index contributed by atoms with van der Waals surface area (Å²) in [5, 5.41) is 0. The lowest BCUT2D eigenvalue weighted by atomic mass is 10.0. The standard InChI is InChI=1S/C11H20N2/c1-9(2)5-6-10(3)13-8-12-7-11(13)4/h7-10H,5-6H2,1-4H3. The van der Waals surface area contributed by atoms with Gasteiger partial charge in [-0.1, -0.05) is 13.8 Å². The molecule has 0 aliphatic rings. The van der Waals surface area contributed by atoms with Gasteiger partial charge in [-0.3, -0.25) is 0 Å². The summed E-state index contributed by atoms with van der Waals surface area (Å²) in [6.07, 6.45) is 6.39. The minimum absolute atomic E-state index is 0.588. The van der Waals surface area contributed by atoms with E-state index in [-0.39, 0.29) is 0 Å². The summed E-state index contributed by atoms with van der Waals surface area (Å²) >= 11 is 0. The summed E-state index contributed by atoms with van der Waals surface area (Å²) < 4.78 is 2.25. The molecule has 2 nitrogen and oxygen atoms in total. The third-order valence-corrected chi connectivity index (χ3v) is 2.50. The van der Waals surface area contributed by atoms with Crippen molar-refractivity contribution in [3.8, 4) is 0 Å². The Morgan fingerprint density at radius 1 is 1.31 bits per heavy atom. The van der Waals surface area contributed by atoms with Crippen molar-refractivity contribution in [3.63, 3.8) is 0 Å². The minimum Gasteiger partial charge on any atom is -0.332 e. The summed E-state index contributed by atoms with van der Waals surface area (Å²) in [7, 11) is 0. The second-order valence-electron chi connectivity index (χ2n) is 4.26. The van der Waals surface area contributed by atoms with Gasteiger partial charge in [0.15, 0.2) is 0 Å². The molecule has 0 aliphatic heterocycles. The molecule has 1 heterocycles. The molecule has 0 saturated carbocycles. The molecule has 0 radical (unpaired) electrons. The topological polar surface area (TPSA) is 17.8 Å². The average molecular weight is 180 g/mol. The van der Waals surface area contributed by atoms with E-state index in [2.05, 4.69) is 37.2 Å². The van der Waals surface area contributed by atoms with Crippen molar-refractivity contribution in [1.29, 1.82) is 0 Å². The molecular weight excluding hydrogens is 160 g/mol. The third kappa shape index (κ3) is 2.87. The van der Waals surface area contributed by atoms with Crippen LogP contribution in [0.25, 0.3) is 0 Å². The summed E-state index contributed by atoms with van der Waals surface area (Å²) in [6.45, 7) is 8.91. The van der Waals surface area contributed by atoms with Gasteiger partial charge in [0.1, 0.15) is 0 Å². The van der Waals surface area contributed by atoms with Gasteiger partial charge in [-0.25, -0.2) is 4.98 Å². The van der Waals surface area contributed by atoms with E-state index in [1.807, 2.05) is 12.5 Å². The zero-order chi connectivity index (χ0) is 9.84. The van der Waals surface area contributed by atoms with Crippen molar-refractivity contribution >= 4 is 0 Å². The second-order valence-corrected chi connectivity index (χ2v) is 4.26. The van der Waals surface area contributed by atoms with Crippen LogP contribution in [0.4, 0.5) is 0 Å². The Morgan fingerprint density at radius 2 is 2.00 bits per heavy atom. The molecule has 1 aromatic rings. The van der Waals surface area contributed by atoms with Crippen molar-refractivity contribution in [2.24, 2.45) is 5.92 Å². The van der Waals surface area contributed by atoms with Crippen LogP contribution in [-0.2, 0) is 0 Å². The SMILES string of the molecule is Cc1cncn1C(C)CCC(C)C. The normalized spacial score (nSPS) is 13.6. The van der Waals surface area contributed by atoms with E-state index in [0.717, 1.165) is 5.92 Å². The Balaban J connectivity index is 2.49. The Bertz CT molecular complexity index is 250. The monoisotopic (exact) mass is 180 g/mol. The predicted octanol–water partition coefficient (Wildman–Crippen LogP) is 3.19. The Labute approximate surface area is 81.0 Å². The zero-order valence-electron chi connectivity index (χ0n) is 9.12. The lowest BCUT2D eigenvalue weighted by molar-refractivity contribution is 0.434. The van der Waals surface area contributed by atoms with E-state index in [1.54, 1.807) is 0 Å². The lowest BCUT2D eigenvalue weighted by Crippen LogP contribution is -2.06. The molecule has 0 aliphatic carbocycles. The molecule has 0 fully saturated rings. The summed E-state index contributed by atoms with van der Waals surface area (Å²) in [4.78, 5) is 4.13. The van der Waals surface area contributed by atoms with Crippen molar-refractivity contribution < 1.29 is 0 Å². The van der Waals surface area contributed by atoms with Crippen molar-refractivity contribution in [3.05, 3.63) is 18.2 Å². The van der Waals surface area contributed by atoms with Gasteiger partial charge >= 0.3 is 0 Å². The van der Waals surface area contributed by atoms with Gasteiger partial charge in [-0.2, -0.15) is 0 Å². The van der Waals surface area contributed by atoms with Gasteiger partial charge in [0, 0.05) is 17.9 Å². The summed E-state index contributed by atoms with van der Waals surface area (Å²) in [6, 6.07) is 0.588. The smallest absolute Gasteiger partial charge is 0.0950 e. The molecular formula is C11H20N2. The number of imidazole rings is 1. The van der Waals surface area contributed by atoms with Gasteiger partial charge < -0.3 is 4.57 Å². The fraction of sp³-hybridized carbons (Fsp3) is 0.727. The van der Waals surface area contributed by atoms with E-state index < -0.39 is 0 Å². The number of nitrogens with zero attached hydrogens (tertiary/aromatic N) is 2. The van der Waals surface area contributed by atoms with Gasteiger partial charge in [-0.05, 0) is 32.6 Å². The molecule has 1 rings (SSSR count). The first kappa shape index (κ1) is 10.3. The maximum atomic E-state index is 4.13. The predicted molar refractivity (Wildman–Crippen MR) is 55.7 cm³/mol. The molecule has 13 heavy (non-hydrogen) atoms. The van der Waals surface area contributed by atoms with Crippen molar-refractivity contribution in [2.45, 2.75) is 46.6 Å². The summed E-state index contributed by atoms with van der Waals surface area (Å²) in [5.41, 5.74) is 1.26. The highest BCUT2D eigenvalue weighted by Crippen LogP contribution is 2.17. The molecule has 1 unspecified atom stereocenters. The van der Waals surface area contributed by atoms with Crippen LogP contribution in [0.1, 0.15) is 45.3 Å². The molecule has 1 atom stereocenters. The molecule has 0 amide bonds. The van der Waals surface area contributed by atoms with E-state index in [0.29, 0.717) is 6.04 Å². The molecule has 0 N–H and O–H groups in total. The fourth-order valence-corrected chi connectivity index (χ4v) is 1.55. The van der Waals surface area contributed by atoms with Crippen molar-refractivity contribution in [1.82, 2.24) is 9.55 Å². The Morgan fingerprint density at radius 3 is 2.46 bits per heavy atom. The molecule has 0 bridgehead atoms. The molecule has 74 valence electrons. The zero-order valence-corrected chi connectivity index (χ0v) is 9.12. The van der Waals surface area contributed by atoms with Gasteiger partial charge in [0.05, 0.1) is 6.33 Å². The lowest BCUT2D eigenvalue weighted by Gasteiger charge is -2.16.